The molecular formula is C9H14ClN3OS. The number of hydrogen-bond acceptors (Lipinski definition) is 4. The molecule has 0 radical (unpaired) electrons. The maximum Gasteiger partial charge on any atom is 0.145 e. The minimum absolute atomic E-state index is 0. The van der Waals surface area contributed by atoms with E-state index in [1.807, 2.05) is 0 Å². The van der Waals surface area contributed by atoms with E-state index in [2.05, 4.69) is 15.3 Å². The highest BCUT2D eigenvalue weighted by molar-refractivity contribution is 7.84. The van der Waals surface area contributed by atoms with Crippen LogP contribution in [0.4, 0.5) is 0 Å². The van der Waals surface area contributed by atoms with Crippen LogP contribution in [0.2, 0.25) is 0 Å². The molecular weight excluding hydrogens is 234 g/mol. The molecule has 1 N–H and O–H groups in total. The normalized spacial score (nSPS) is 22.0. The Kier molecular flexibility index (Phi) is 5.14. The average molecular weight is 248 g/mol. The van der Waals surface area contributed by atoms with Gasteiger partial charge in [-0.1, -0.05) is 0 Å². The lowest BCUT2D eigenvalue weighted by Gasteiger charge is -2.06. The highest BCUT2D eigenvalue weighted by Gasteiger charge is 2.18. The van der Waals surface area contributed by atoms with E-state index in [4.69, 9.17) is 0 Å². The Labute approximate surface area is 97.8 Å². The summed E-state index contributed by atoms with van der Waals surface area (Å²) in [6.45, 7) is 2.02. The van der Waals surface area contributed by atoms with Crippen LogP contribution in [-0.2, 0) is 10.8 Å². The van der Waals surface area contributed by atoms with E-state index in [1.54, 1.807) is 18.6 Å². The van der Waals surface area contributed by atoms with Gasteiger partial charge >= 0.3 is 0 Å². The number of hydrogen-bond donors (Lipinski definition) is 1. The second kappa shape index (κ2) is 6.15. The molecule has 1 aromatic heterocycles. The summed E-state index contributed by atoms with van der Waals surface area (Å²) in [5, 5.41) is 3.86. The van der Waals surface area contributed by atoms with Gasteiger partial charge in [-0.2, -0.15) is 0 Å². The van der Waals surface area contributed by atoms with Gasteiger partial charge < -0.3 is 5.32 Å². The molecule has 2 atom stereocenters. The van der Waals surface area contributed by atoms with Crippen molar-refractivity contribution in [2.45, 2.75) is 11.4 Å². The summed E-state index contributed by atoms with van der Waals surface area (Å²) in [5.74, 6) is 1.23. The van der Waals surface area contributed by atoms with Gasteiger partial charge in [0.1, 0.15) is 5.03 Å². The van der Waals surface area contributed by atoms with E-state index in [-0.39, 0.29) is 12.4 Å². The molecule has 4 nitrogen and oxygen atoms in total. The van der Waals surface area contributed by atoms with Crippen molar-refractivity contribution in [1.82, 2.24) is 15.3 Å². The van der Waals surface area contributed by atoms with Crippen molar-refractivity contribution in [3.63, 3.8) is 0 Å². The van der Waals surface area contributed by atoms with Crippen LogP contribution >= 0.6 is 12.4 Å². The first-order valence-corrected chi connectivity index (χ1v) is 6.03. The Hall–Kier alpha value is -0.520. The van der Waals surface area contributed by atoms with Crippen LogP contribution in [0.5, 0.6) is 0 Å². The molecule has 0 spiro atoms. The van der Waals surface area contributed by atoms with Crippen molar-refractivity contribution in [2.24, 2.45) is 5.92 Å². The quantitative estimate of drug-likeness (QED) is 0.851. The fourth-order valence-corrected chi connectivity index (χ4v) is 2.80. The molecule has 1 aliphatic rings. The zero-order valence-corrected chi connectivity index (χ0v) is 9.89. The van der Waals surface area contributed by atoms with Gasteiger partial charge in [0.15, 0.2) is 0 Å². The third-order valence-electron chi connectivity index (χ3n) is 2.32. The second-order valence-electron chi connectivity index (χ2n) is 3.41. The van der Waals surface area contributed by atoms with E-state index in [1.165, 1.54) is 0 Å². The highest BCUT2D eigenvalue weighted by Crippen LogP contribution is 2.12. The molecule has 15 heavy (non-hydrogen) atoms. The molecule has 2 heterocycles. The maximum absolute atomic E-state index is 11.8. The second-order valence-corrected chi connectivity index (χ2v) is 4.86. The fourth-order valence-electron chi connectivity index (χ4n) is 1.56. The topological polar surface area (TPSA) is 54.9 Å². The van der Waals surface area contributed by atoms with Crippen LogP contribution in [0, 0.1) is 5.92 Å². The number of nitrogens with one attached hydrogen (secondary N) is 1. The molecule has 0 amide bonds. The van der Waals surface area contributed by atoms with Crippen LogP contribution in [0.15, 0.2) is 23.6 Å². The van der Waals surface area contributed by atoms with Crippen LogP contribution in [-0.4, -0.2) is 33.0 Å². The molecule has 1 aromatic rings. The fraction of sp³-hybridized carbons (Fsp3) is 0.556. The summed E-state index contributed by atoms with van der Waals surface area (Å²) in [6, 6.07) is 0. The highest BCUT2D eigenvalue weighted by atomic mass is 35.5. The number of aromatic nitrogens is 2. The van der Waals surface area contributed by atoms with Gasteiger partial charge in [-0.15, -0.1) is 12.4 Å². The Bertz CT molecular complexity index is 316. The summed E-state index contributed by atoms with van der Waals surface area (Å²) in [6.07, 6.45) is 5.88. The molecule has 2 rings (SSSR count). The average Bonchev–Trinajstić information content (AvgIpc) is 2.72. The van der Waals surface area contributed by atoms with Crippen LogP contribution in [0.3, 0.4) is 0 Å². The lowest BCUT2D eigenvalue weighted by Crippen LogP contribution is -2.15. The van der Waals surface area contributed by atoms with Crippen LogP contribution in [0.25, 0.3) is 0 Å². The predicted molar refractivity (Wildman–Crippen MR) is 61.5 cm³/mol. The first kappa shape index (κ1) is 12.5. The zero-order chi connectivity index (χ0) is 9.80. The Balaban J connectivity index is 0.00000112. The van der Waals surface area contributed by atoms with E-state index in [0.717, 1.165) is 19.5 Å². The largest absolute Gasteiger partial charge is 0.316 e. The van der Waals surface area contributed by atoms with Gasteiger partial charge in [-0.05, 0) is 25.4 Å². The standard InChI is InChI=1S/C9H13N3OS.ClH/c13-14(7-8-1-2-10-5-8)9-6-11-3-4-12-9;/h3-4,6,8,10H,1-2,5,7H2;1H. The minimum Gasteiger partial charge on any atom is -0.316 e. The number of nitrogens with zero attached hydrogens (tertiary/aromatic N) is 2. The van der Waals surface area contributed by atoms with E-state index >= 15 is 0 Å². The summed E-state index contributed by atoms with van der Waals surface area (Å²) in [7, 11) is -0.987. The van der Waals surface area contributed by atoms with Crippen LogP contribution in [0.1, 0.15) is 6.42 Å². The van der Waals surface area contributed by atoms with Crippen molar-refractivity contribution in [1.29, 1.82) is 0 Å². The zero-order valence-electron chi connectivity index (χ0n) is 8.26. The van der Waals surface area contributed by atoms with E-state index < -0.39 is 10.8 Å². The van der Waals surface area contributed by atoms with Gasteiger partial charge in [0.25, 0.3) is 0 Å². The molecule has 0 bridgehead atoms. The predicted octanol–water partition coefficient (Wildman–Crippen LogP) is 0.615. The van der Waals surface area contributed by atoms with Gasteiger partial charge in [-0.3, -0.25) is 9.19 Å². The molecule has 0 aliphatic carbocycles. The van der Waals surface area contributed by atoms with Crippen molar-refractivity contribution in [3.8, 4) is 0 Å². The van der Waals surface area contributed by atoms with E-state index in [9.17, 15) is 4.21 Å². The van der Waals surface area contributed by atoms with Crippen molar-refractivity contribution in [3.05, 3.63) is 18.6 Å². The molecule has 1 saturated heterocycles. The first-order valence-electron chi connectivity index (χ1n) is 4.71. The lowest BCUT2D eigenvalue weighted by atomic mass is 10.2. The lowest BCUT2D eigenvalue weighted by molar-refractivity contribution is 0.630. The number of halogens is 1. The van der Waals surface area contributed by atoms with Gasteiger partial charge in [0, 0.05) is 18.1 Å². The maximum atomic E-state index is 11.8. The minimum atomic E-state index is -0.987. The summed E-state index contributed by atoms with van der Waals surface area (Å²) < 4.78 is 11.8. The van der Waals surface area contributed by atoms with Gasteiger partial charge in [0.2, 0.25) is 0 Å². The molecule has 0 saturated carbocycles. The Morgan fingerprint density at radius 3 is 3.00 bits per heavy atom. The Morgan fingerprint density at radius 1 is 1.53 bits per heavy atom. The van der Waals surface area contributed by atoms with Gasteiger partial charge in [0.05, 0.1) is 17.0 Å². The number of rotatable bonds is 3. The monoisotopic (exact) mass is 247 g/mol. The molecule has 6 heteroatoms. The Morgan fingerprint density at radius 2 is 2.40 bits per heavy atom. The van der Waals surface area contributed by atoms with Crippen molar-refractivity contribution in [2.75, 3.05) is 18.8 Å². The van der Waals surface area contributed by atoms with Gasteiger partial charge in [-0.25, -0.2) is 4.98 Å². The summed E-state index contributed by atoms with van der Waals surface area (Å²) in [4.78, 5) is 7.95. The van der Waals surface area contributed by atoms with Crippen molar-refractivity contribution >= 4 is 23.2 Å². The molecule has 84 valence electrons. The molecule has 2 unspecified atom stereocenters. The molecule has 1 fully saturated rings. The molecule has 0 aromatic carbocycles. The summed E-state index contributed by atoms with van der Waals surface area (Å²) in [5.41, 5.74) is 0. The third-order valence-corrected chi connectivity index (χ3v) is 3.77. The van der Waals surface area contributed by atoms with E-state index in [0.29, 0.717) is 16.7 Å². The summed E-state index contributed by atoms with van der Waals surface area (Å²) >= 11 is 0. The molecule has 1 aliphatic heterocycles. The van der Waals surface area contributed by atoms with Crippen LogP contribution < -0.4 is 5.32 Å². The SMILES string of the molecule is Cl.O=S(CC1CCNC1)c1cnccn1. The first-order chi connectivity index (χ1) is 6.86. The third kappa shape index (κ3) is 3.52. The van der Waals surface area contributed by atoms with Crippen molar-refractivity contribution < 1.29 is 4.21 Å². The smallest absolute Gasteiger partial charge is 0.145 e.